The highest BCUT2D eigenvalue weighted by atomic mass is 15.1. The van der Waals surface area contributed by atoms with Gasteiger partial charge in [-0.2, -0.15) is 5.10 Å². The molecule has 0 saturated carbocycles. The zero-order chi connectivity index (χ0) is 14.5. The lowest BCUT2D eigenvalue weighted by Crippen LogP contribution is -2.26. The first-order valence-corrected chi connectivity index (χ1v) is 7.05. The predicted molar refractivity (Wildman–Crippen MR) is 82.7 cm³/mol. The number of pyridine rings is 1. The summed E-state index contributed by atoms with van der Waals surface area (Å²) in [5, 5.41) is 10.5. The molecule has 2 aromatic heterocycles. The van der Waals surface area contributed by atoms with Crippen molar-refractivity contribution in [2.75, 3.05) is 0 Å². The summed E-state index contributed by atoms with van der Waals surface area (Å²) in [6, 6.07) is 16.6. The summed E-state index contributed by atoms with van der Waals surface area (Å²) in [5.74, 6) is 0. The Morgan fingerprint density at radius 1 is 1.00 bits per heavy atom. The van der Waals surface area contributed by atoms with Crippen LogP contribution < -0.4 is 5.32 Å². The molecule has 21 heavy (non-hydrogen) atoms. The van der Waals surface area contributed by atoms with E-state index in [-0.39, 0.29) is 12.1 Å². The van der Waals surface area contributed by atoms with Gasteiger partial charge >= 0.3 is 0 Å². The van der Waals surface area contributed by atoms with Crippen LogP contribution in [0.25, 0.3) is 0 Å². The highest BCUT2D eigenvalue weighted by Gasteiger charge is 2.18. The molecule has 4 heteroatoms. The molecule has 0 bridgehead atoms. The molecule has 2 unspecified atom stereocenters. The van der Waals surface area contributed by atoms with E-state index in [4.69, 9.17) is 0 Å². The Morgan fingerprint density at radius 3 is 2.48 bits per heavy atom. The van der Waals surface area contributed by atoms with Crippen LogP contribution in [-0.2, 0) is 0 Å². The average Bonchev–Trinajstić information content (AvgIpc) is 3.09. The van der Waals surface area contributed by atoms with E-state index in [9.17, 15) is 0 Å². The Bertz CT molecular complexity index is 610. The highest BCUT2D eigenvalue weighted by Crippen LogP contribution is 2.24. The summed E-state index contributed by atoms with van der Waals surface area (Å²) in [4.78, 5) is 4.50. The van der Waals surface area contributed by atoms with Crippen LogP contribution in [0.1, 0.15) is 35.8 Å². The average molecular weight is 278 g/mol. The standard InChI is InChI=1S/C17H18N4/c1-13(15-11-19-20-12-15)21-17(14-7-3-2-4-8-14)16-9-5-6-10-18-16/h2-13,17,21H,1H3,(H,19,20). The third-order valence-corrected chi connectivity index (χ3v) is 3.55. The van der Waals surface area contributed by atoms with Gasteiger partial charge < -0.3 is 0 Å². The molecular formula is C17H18N4. The Labute approximate surface area is 124 Å². The number of aromatic nitrogens is 3. The summed E-state index contributed by atoms with van der Waals surface area (Å²) in [6.07, 6.45) is 5.59. The Balaban J connectivity index is 1.90. The van der Waals surface area contributed by atoms with Crippen molar-refractivity contribution in [3.8, 4) is 0 Å². The fraction of sp³-hybridized carbons (Fsp3) is 0.176. The van der Waals surface area contributed by atoms with Crippen LogP contribution in [0.4, 0.5) is 0 Å². The second kappa shape index (κ2) is 6.33. The van der Waals surface area contributed by atoms with Crippen molar-refractivity contribution in [1.82, 2.24) is 20.5 Å². The van der Waals surface area contributed by atoms with Gasteiger partial charge in [0.25, 0.3) is 0 Å². The third-order valence-electron chi connectivity index (χ3n) is 3.55. The molecular weight excluding hydrogens is 260 g/mol. The van der Waals surface area contributed by atoms with Gasteiger partial charge in [0.2, 0.25) is 0 Å². The molecule has 2 N–H and O–H groups in total. The number of H-pyrrole nitrogens is 1. The second-order valence-corrected chi connectivity index (χ2v) is 5.02. The molecule has 3 aromatic rings. The molecule has 0 aliphatic heterocycles. The summed E-state index contributed by atoms with van der Waals surface area (Å²) in [7, 11) is 0. The number of benzene rings is 1. The number of nitrogens with zero attached hydrogens (tertiary/aromatic N) is 2. The largest absolute Gasteiger partial charge is 0.298 e. The Hall–Kier alpha value is -2.46. The van der Waals surface area contributed by atoms with E-state index in [1.54, 1.807) is 0 Å². The molecule has 1 aromatic carbocycles. The summed E-state index contributed by atoms with van der Waals surface area (Å²) >= 11 is 0. The van der Waals surface area contributed by atoms with E-state index < -0.39 is 0 Å². The maximum absolute atomic E-state index is 4.50. The van der Waals surface area contributed by atoms with E-state index in [0.717, 1.165) is 11.3 Å². The SMILES string of the molecule is CC(NC(c1ccccc1)c1ccccn1)c1cn[nH]c1. The van der Waals surface area contributed by atoms with Crippen LogP contribution in [-0.4, -0.2) is 15.2 Å². The lowest BCUT2D eigenvalue weighted by atomic mass is 10.0. The predicted octanol–water partition coefficient (Wildman–Crippen LogP) is 3.24. The summed E-state index contributed by atoms with van der Waals surface area (Å²) in [6.45, 7) is 2.13. The van der Waals surface area contributed by atoms with Crippen molar-refractivity contribution in [3.63, 3.8) is 0 Å². The minimum atomic E-state index is 0.0531. The van der Waals surface area contributed by atoms with E-state index in [2.05, 4.69) is 51.7 Å². The van der Waals surface area contributed by atoms with Crippen molar-refractivity contribution < 1.29 is 0 Å². The molecule has 0 aliphatic carbocycles. The minimum absolute atomic E-state index is 0.0531. The smallest absolute Gasteiger partial charge is 0.0756 e. The lowest BCUT2D eigenvalue weighted by molar-refractivity contribution is 0.508. The Morgan fingerprint density at radius 2 is 1.81 bits per heavy atom. The van der Waals surface area contributed by atoms with Gasteiger partial charge in [0.15, 0.2) is 0 Å². The maximum atomic E-state index is 4.50. The fourth-order valence-corrected chi connectivity index (χ4v) is 2.39. The minimum Gasteiger partial charge on any atom is -0.298 e. The maximum Gasteiger partial charge on any atom is 0.0756 e. The van der Waals surface area contributed by atoms with Gasteiger partial charge in [-0.1, -0.05) is 36.4 Å². The van der Waals surface area contributed by atoms with Gasteiger partial charge in [0, 0.05) is 24.0 Å². The van der Waals surface area contributed by atoms with Crippen LogP contribution in [0.2, 0.25) is 0 Å². The first-order chi connectivity index (χ1) is 10.3. The number of nitrogens with one attached hydrogen (secondary N) is 2. The molecule has 106 valence electrons. The first-order valence-electron chi connectivity index (χ1n) is 7.05. The van der Waals surface area contributed by atoms with Gasteiger partial charge in [-0.25, -0.2) is 0 Å². The van der Waals surface area contributed by atoms with E-state index in [0.29, 0.717) is 0 Å². The van der Waals surface area contributed by atoms with Gasteiger partial charge in [-0.3, -0.25) is 15.4 Å². The van der Waals surface area contributed by atoms with E-state index in [1.807, 2.05) is 42.9 Å². The second-order valence-electron chi connectivity index (χ2n) is 5.02. The molecule has 4 nitrogen and oxygen atoms in total. The van der Waals surface area contributed by atoms with Gasteiger partial charge in [0.05, 0.1) is 17.9 Å². The molecule has 2 atom stereocenters. The van der Waals surface area contributed by atoms with Crippen molar-refractivity contribution >= 4 is 0 Å². The molecule has 3 rings (SSSR count). The van der Waals surface area contributed by atoms with E-state index in [1.165, 1.54) is 5.56 Å². The van der Waals surface area contributed by atoms with Crippen molar-refractivity contribution in [1.29, 1.82) is 0 Å². The number of rotatable bonds is 5. The van der Waals surface area contributed by atoms with Crippen LogP contribution in [0.5, 0.6) is 0 Å². The molecule has 2 heterocycles. The quantitative estimate of drug-likeness (QED) is 0.753. The summed E-state index contributed by atoms with van der Waals surface area (Å²) in [5.41, 5.74) is 3.34. The molecule has 0 amide bonds. The van der Waals surface area contributed by atoms with Crippen molar-refractivity contribution in [2.45, 2.75) is 19.0 Å². The fourth-order valence-electron chi connectivity index (χ4n) is 2.39. The molecule has 0 radical (unpaired) electrons. The third kappa shape index (κ3) is 3.17. The zero-order valence-corrected chi connectivity index (χ0v) is 11.9. The topological polar surface area (TPSA) is 53.6 Å². The van der Waals surface area contributed by atoms with Crippen LogP contribution in [0.3, 0.4) is 0 Å². The van der Waals surface area contributed by atoms with Crippen LogP contribution >= 0.6 is 0 Å². The molecule has 0 saturated heterocycles. The zero-order valence-electron chi connectivity index (χ0n) is 11.9. The van der Waals surface area contributed by atoms with Crippen molar-refractivity contribution in [3.05, 3.63) is 83.9 Å². The number of hydrogen-bond acceptors (Lipinski definition) is 3. The number of aromatic amines is 1. The van der Waals surface area contributed by atoms with Gasteiger partial charge in [-0.15, -0.1) is 0 Å². The number of hydrogen-bond donors (Lipinski definition) is 2. The van der Waals surface area contributed by atoms with Gasteiger partial charge in [-0.05, 0) is 24.6 Å². The molecule has 0 aliphatic rings. The Kier molecular flexibility index (Phi) is 4.07. The van der Waals surface area contributed by atoms with Gasteiger partial charge in [0.1, 0.15) is 0 Å². The first kappa shape index (κ1) is 13.5. The molecule has 0 fully saturated rings. The summed E-state index contributed by atoms with van der Waals surface area (Å²) < 4.78 is 0. The monoisotopic (exact) mass is 278 g/mol. The van der Waals surface area contributed by atoms with Crippen LogP contribution in [0, 0.1) is 0 Å². The van der Waals surface area contributed by atoms with Crippen molar-refractivity contribution in [2.24, 2.45) is 0 Å². The highest BCUT2D eigenvalue weighted by molar-refractivity contribution is 5.28. The van der Waals surface area contributed by atoms with Crippen LogP contribution in [0.15, 0.2) is 67.1 Å². The molecule has 0 spiro atoms. The van der Waals surface area contributed by atoms with E-state index >= 15 is 0 Å². The lowest BCUT2D eigenvalue weighted by Gasteiger charge is -2.23. The normalized spacial score (nSPS) is 13.8.